The summed E-state index contributed by atoms with van der Waals surface area (Å²) in [5, 5.41) is 15.5. The lowest BCUT2D eigenvalue weighted by molar-refractivity contribution is 0.157. The number of fused-ring (bicyclic) bond motifs is 1. The van der Waals surface area contributed by atoms with Crippen molar-refractivity contribution in [2.75, 3.05) is 23.7 Å². The lowest BCUT2D eigenvalue weighted by Gasteiger charge is -2.44. The van der Waals surface area contributed by atoms with Crippen LogP contribution in [-0.4, -0.2) is 51.8 Å². The molecule has 186 valence electrons. The van der Waals surface area contributed by atoms with Crippen molar-refractivity contribution in [2.45, 2.75) is 60.2 Å². The molecule has 3 aromatic heterocycles. The molecule has 0 amide bonds. The van der Waals surface area contributed by atoms with Crippen molar-refractivity contribution < 1.29 is 4.21 Å². The van der Waals surface area contributed by atoms with Gasteiger partial charge in [-0.2, -0.15) is 0 Å². The van der Waals surface area contributed by atoms with Crippen LogP contribution >= 0.6 is 23.4 Å². The molecule has 2 aliphatic rings. The number of rotatable bonds is 6. The Morgan fingerprint density at radius 3 is 2.71 bits per heavy atom. The van der Waals surface area contributed by atoms with E-state index in [1.807, 2.05) is 19.9 Å². The van der Waals surface area contributed by atoms with Gasteiger partial charge in [0.05, 0.1) is 33.1 Å². The van der Waals surface area contributed by atoms with Crippen LogP contribution in [0.15, 0.2) is 40.9 Å². The number of nitrogen functional groups attached to an aromatic ring is 1. The lowest BCUT2D eigenvalue weighted by Crippen LogP contribution is -2.45. The molecule has 1 unspecified atom stereocenters. The van der Waals surface area contributed by atoms with Crippen molar-refractivity contribution in [3.63, 3.8) is 0 Å². The highest BCUT2D eigenvalue weighted by atomic mass is 35.5. The van der Waals surface area contributed by atoms with Crippen LogP contribution in [0.2, 0.25) is 5.02 Å². The van der Waals surface area contributed by atoms with Crippen molar-refractivity contribution in [3.05, 3.63) is 41.8 Å². The minimum absolute atomic E-state index is 0.0413. The summed E-state index contributed by atoms with van der Waals surface area (Å²) in [6, 6.07) is 1.81. The minimum Gasteiger partial charge on any atom is -0.382 e. The van der Waals surface area contributed by atoms with Crippen LogP contribution < -0.4 is 15.8 Å². The molecule has 0 radical (unpaired) electrons. The average molecular weight is 534 g/mol. The predicted octanol–water partition coefficient (Wildman–Crippen LogP) is 3.03. The number of piperidine rings is 1. The number of pyridine rings is 1. The topological polar surface area (TPSA) is 142 Å². The average Bonchev–Trinajstić information content (AvgIpc) is 3.38. The largest absolute Gasteiger partial charge is 0.382 e. The quantitative estimate of drug-likeness (QED) is 0.488. The van der Waals surface area contributed by atoms with Gasteiger partial charge in [-0.3, -0.25) is 5.14 Å². The van der Waals surface area contributed by atoms with Crippen LogP contribution in [0.5, 0.6) is 0 Å². The zero-order valence-corrected chi connectivity index (χ0v) is 22.0. The number of nitrogens with zero attached hydrogens (tertiary/aromatic N) is 7. The van der Waals surface area contributed by atoms with Crippen LogP contribution in [0.3, 0.4) is 0 Å². The Balaban J connectivity index is 1.28. The molecule has 1 spiro atoms. The van der Waals surface area contributed by atoms with Gasteiger partial charge >= 0.3 is 0 Å². The third kappa shape index (κ3) is 4.64. The van der Waals surface area contributed by atoms with E-state index in [9.17, 15) is 4.21 Å². The summed E-state index contributed by atoms with van der Waals surface area (Å²) in [6.07, 6.45) is 9.65. The van der Waals surface area contributed by atoms with Gasteiger partial charge in [0.1, 0.15) is 28.8 Å². The van der Waals surface area contributed by atoms with Crippen molar-refractivity contribution in [2.24, 2.45) is 10.6 Å². The van der Waals surface area contributed by atoms with E-state index in [0.717, 1.165) is 54.0 Å². The maximum atomic E-state index is 12.2. The first-order valence-corrected chi connectivity index (χ1v) is 13.8. The van der Waals surface area contributed by atoms with E-state index >= 15 is 0 Å². The molecule has 35 heavy (non-hydrogen) atoms. The van der Waals surface area contributed by atoms with E-state index in [2.05, 4.69) is 34.6 Å². The first kappa shape index (κ1) is 24.4. The lowest BCUT2D eigenvalue weighted by atomic mass is 9.67. The van der Waals surface area contributed by atoms with Crippen molar-refractivity contribution in [3.8, 4) is 0 Å². The molecule has 10 nitrogen and oxygen atoms in total. The number of hydrogen-bond donors (Lipinski definition) is 2. The molecule has 1 saturated heterocycles. The smallest absolute Gasteiger partial charge is 0.147 e. The van der Waals surface area contributed by atoms with E-state index in [-0.39, 0.29) is 11.3 Å². The first-order chi connectivity index (χ1) is 16.7. The molecule has 13 heteroatoms. The molecule has 0 aliphatic carbocycles. The van der Waals surface area contributed by atoms with E-state index in [0.29, 0.717) is 17.3 Å². The summed E-state index contributed by atoms with van der Waals surface area (Å²) in [5.41, 5.74) is 5.84. The summed E-state index contributed by atoms with van der Waals surface area (Å²) in [7, 11) is -1.42. The standard InChI is InChI=1S/C22H28ClN9OS2/c1-21(2,35(25)33)9-14-20-30-29-13-32(20)12-22(14)4-7-31(8-5-22)16-10-28-17(11-27-16)34-15-3-6-26-19(24)18(15)23/h3,6,10-11,13-14H,4-5,7-9,12,25H2,1-2H3,(H2,24,26)/t14-,35?/m1/s1. The molecule has 0 saturated carbocycles. The Morgan fingerprint density at radius 1 is 1.26 bits per heavy atom. The molecule has 2 aliphatic heterocycles. The number of nitrogens with two attached hydrogens (primary N) is 2. The van der Waals surface area contributed by atoms with Gasteiger partial charge < -0.3 is 15.2 Å². The second-order valence-corrected chi connectivity index (χ2v) is 12.9. The summed E-state index contributed by atoms with van der Waals surface area (Å²) < 4.78 is 13.8. The van der Waals surface area contributed by atoms with Crippen LogP contribution in [0.4, 0.5) is 11.6 Å². The van der Waals surface area contributed by atoms with Crippen LogP contribution in [0.25, 0.3) is 0 Å². The Labute approximate surface area is 215 Å². The number of aromatic nitrogens is 6. The highest BCUT2D eigenvalue weighted by molar-refractivity contribution is 7.99. The molecule has 0 bridgehead atoms. The molecule has 5 heterocycles. The molecule has 5 rings (SSSR count). The van der Waals surface area contributed by atoms with Crippen LogP contribution in [-0.2, 0) is 17.5 Å². The van der Waals surface area contributed by atoms with Gasteiger partial charge in [0.25, 0.3) is 0 Å². The minimum atomic E-state index is -1.42. The van der Waals surface area contributed by atoms with E-state index in [1.165, 1.54) is 11.8 Å². The Morgan fingerprint density at radius 2 is 2.03 bits per heavy atom. The molecular formula is C22H28ClN9OS2. The maximum absolute atomic E-state index is 12.2. The SMILES string of the molecule is CC(C)(C[C@@H]1c2nncn2CC12CCN(c1cnc(Sc3ccnc(N)c3Cl)cn1)CC2)S(N)=O. The van der Waals surface area contributed by atoms with Crippen molar-refractivity contribution in [1.82, 2.24) is 29.7 Å². The summed E-state index contributed by atoms with van der Waals surface area (Å²) in [6.45, 7) is 6.52. The van der Waals surface area contributed by atoms with Crippen LogP contribution in [0.1, 0.15) is 44.9 Å². The summed E-state index contributed by atoms with van der Waals surface area (Å²) in [5.74, 6) is 2.29. The normalized spacial score (nSPS) is 20.2. The first-order valence-electron chi connectivity index (χ1n) is 11.4. The van der Waals surface area contributed by atoms with Gasteiger partial charge in [-0.05, 0) is 39.2 Å². The van der Waals surface area contributed by atoms with Crippen molar-refractivity contribution in [1.29, 1.82) is 0 Å². The van der Waals surface area contributed by atoms with E-state index in [1.54, 1.807) is 24.9 Å². The van der Waals surface area contributed by atoms with Gasteiger partial charge in [0.15, 0.2) is 0 Å². The van der Waals surface area contributed by atoms with Gasteiger partial charge in [-0.15, -0.1) is 10.2 Å². The highest BCUT2D eigenvalue weighted by Crippen LogP contribution is 2.53. The molecule has 2 atom stereocenters. The second-order valence-electron chi connectivity index (χ2n) is 9.80. The monoisotopic (exact) mass is 533 g/mol. The molecule has 1 fully saturated rings. The third-order valence-electron chi connectivity index (χ3n) is 7.21. The highest BCUT2D eigenvalue weighted by Gasteiger charge is 2.51. The number of anilines is 2. The molecule has 4 N–H and O–H groups in total. The number of halogens is 1. The van der Waals surface area contributed by atoms with Gasteiger partial charge in [0.2, 0.25) is 0 Å². The van der Waals surface area contributed by atoms with Crippen molar-refractivity contribution >= 4 is 46.0 Å². The van der Waals surface area contributed by atoms with E-state index in [4.69, 9.17) is 22.5 Å². The second kappa shape index (κ2) is 9.30. The predicted molar refractivity (Wildman–Crippen MR) is 137 cm³/mol. The van der Waals surface area contributed by atoms with Crippen LogP contribution in [0, 0.1) is 5.41 Å². The maximum Gasteiger partial charge on any atom is 0.147 e. The van der Waals surface area contributed by atoms with Gasteiger partial charge in [-0.1, -0.05) is 23.4 Å². The summed E-state index contributed by atoms with van der Waals surface area (Å²) >= 11 is 7.66. The third-order valence-corrected chi connectivity index (χ3v) is 9.96. The fraction of sp³-hybridized carbons (Fsp3) is 0.500. The fourth-order valence-electron chi connectivity index (χ4n) is 5.11. The molecular weight excluding hydrogens is 506 g/mol. The zero-order chi connectivity index (χ0) is 24.8. The Hall–Kier alpha value is -2.28. The Kier molecular flexibility index (Phi) is 6.49. The Bertz CT molecular complexity index is 1240. The van der Waals surface area contributed by atoms with Gasteiger partial charge in [0, 0.05) is 42.1 Å². The zero-order valence-electron chi connectivity index (χ0n) is 19.6. The summed E-state index contributed by atoms with van der Waals surface area (Å²) in [4.78, 5) is 16.3. The van der Waals surface area contributed by atoms with E-state index < -0.39 is 15.7 Å². The number of hydrogen-bond acceptors (Lipinski definition) is 9. The van der Waals surface area contributed by atoms with Gasteiger partial charge in [-0.25, -0.2) is 19.2 Å². The molecule has 3 aromatic rings. The fourth-order valence-corrected chi connectivity index (χ4v) is 6.42. The molecule has 0 aromatic carbocycles.